The van der Waals surface area contributed by atoms with Crippen molar-refractivity contribution in [3.8, 4) is 0 Å². The smallest absolute Gasteiger partial charge is 0.415 e. The van der Waals surface area contributed by atoms with E-state index in [0.717, 1.165) is 4.90 Å². The average molecular weight is 344 g/mol. The van der Waals surface area contributed by atoms with Crippen LogP contribution in [0, 0.1) is 12.7 Å². The number of hydrogen-bond donors (Lipinski definition) is 0. The summed E-state index contributed by atoms with van der Waals surface area (Å²) in [6.07, 6.45) is -0.695. The molecular formula is C16H19ClFNO4. The molecule has 0 fully saturated rings. The summed E-state index contributed by atoms with van der Waals surface area (Å²) < 4.78 is 24.3. The zero-order chi connectivity index (χ0) is 17.4. The summed E-state index contributed by atoms with van der Waals surface area (Å²) in [6, 6.07) is 1.54. The van der Waals surface area contributed by atoms with Crippen molar-refractivity contribution in [1.29, 1.82) is 0 Å². The number of rotatable bonds is 2. The number of ether oxygens (including phenoxy) is 2. The van der Waals surface area contributed by atoms with Gasteiger partial charge < -0.3 is 9.47 Å². The van der Waals surface area contributed by atoms with Crippen LogP contribution >= 0.6 is 11.6 Å². The van der Waals surface area contributed by atoms with Crippen molar-refractivity contribution in [2.75, 3.05) is 11.0 Å². The molecule has 0 N–H and O–H groups in total. The number of alkyl halides is 1. The van der Waals surface area contributed by atoms with Crippen molar-refractivity contribution in [3.63, 3.8) is 0 Å². The third-order valence-corrected chi connectivity index (χ3v) is 3.55. The summed E-state index contributed by atoms with van der Waals surface area (Å²) in [4.78, 5) is 25.8. The van der Waals surface area contributed by atoms with Gasteiger partial charge in [-0.15, -0.1) is 0 Å². The maximum Gasteiger partial charge on any atom is 0.415 e. The Morgan fingerprint density at radius 2 is 2.04 bits per heavy atom. The molecule has 1 heterocycles. The highest BCUT2D eigenvalue weighted by Crippen LogP contribution is 2.38. The van der Waals surface area contributed by atoms with E-state index in [1.165, 1.54) is 6.07 Å². The Balaban J connectivity index is 2.47. The fourth-order valence-electron chi connectivity index (χ4n) is 2.57. The first kappa shape index (κ1) is 17.5. The fourth-order valence-corrected chi connectivity index (χ4v) is 2.67. The molecule has 0 aromatic heterocycles. The topological polar surface area (TPSA) is 55.8 Å². The van der Waals surface area contributed by atoms with Gasteiger partial charge in [-0.3, -0.25) is 4.90 Å². The average Bonchev–Trinajstić information content (AvgIpc) is 2.83. The van der Waals surface area contributed by atoms with Crippen molar-refractivity contribution in [2.45, 2.75) is 45.8 Å². The van der Waals surface area contributed by atoms with E-state index in [-0.39, 0.29) is 12.5 Å². The Labute approximate surface area is 139 Å². The van der Waals surface area contributed by atoms with Gasteiger partial charge in [-0.1, -0.05) is 17.7 Å². The number of carbonyl (C=O) groups excluding carboxylic acids is 2. The Kier molecular flexibility index (Phi) is 4.84. The molecule has 1 aromatic rings. The van der Waals surface area contributed by atoms with Gasteiger partial charge in [0.2, 0.25) is 0 Å². The largest absolute Gasteiger partial charge is 0.448 e. The van der Waals surface area contributed by atoms with Crippen LogP contribution in [0.5, 0.6) is 0 Å². The number of aryl methyl sites for hydroxylation is 1. The lowest BCUT2D eigenvalue weighted by Crippen LogP contribution is -2.46. The van der Waals surface area contributed by atoms with Crippen LogP contribution in [-0.2, 0) is 20.7 Å². The van der Waals surface area contributed by atoms with E-state index in [2.05, 4.69) is 0 Å². The van der Waals surface area contributed by atoms with Crippen LogP contribution in [-0.4, -0.2) is 29.8 Å². The van der Waals surface area contributed by atoms with Gasteiger partial charge in [-0.05, 0) is 39.3 Å². The van der Waals surface area contributed by atoms with Crippen molar-refractivity contribution in [2.24, 2.45) is 0 Å². The summed E-state index contributed by atoms with van der Waals surface area (Å²) in [6.45, 7) is 6.89. The Bertz CT molecular complexity index is 642. The molecule has 23 heavy (non-hydrogen) atoms. The molecule has 0 aliphatic carbocycles. The van der Waals surface area contributed by atoms with Crippen molar-refractivity contribution in [3.05, 3.63) is 29.1 Å². The van der Waals surface area contributed by atoms with Crippen LogP contribution < -0.4 is 4.90 Å². The van der Waals surface area contributed by atoms with E-state index >= 15 is 0 Å². The molecule has 0 spiro atoms. The summed E-state index contributed by atoms with van der Waals surface area (Å²) in [5, 5.41) is 0. The lowest BCUT2D eigenvalue weighted by Gasteiger charge is -2.28. The molecule has 5 nitrogen and oxygen atoms in total. The summed E-state index contributed by atoms with van der Waals surface area (Å²) >= 11 is 5.43. The molecule has 1 aromatic carbocycles. The number of anilines is 1. The van der Waals surface area contributed by atoms with Crippen LogP contribution in [0.1, 0.15) is 31.9 Å². The highest BCUT2D eigenvalue weighted by atomic mass is 35.5. The molecule has 0 bridgehead atoms. The lowest BCUT2D eigenvalue weighted by molar-refractivity contribution is -0.143. The number of halogens is 2. The second-order valence-corrected chi connectivity index (χ2v) is 6.55. The first-order valence-electron chi connectivity index (χ1n) is 7.18. The van der Waals surface area contributed by atoms with E-state index in [9.17, 15) is 14.0 Å². The molecule has 0 saturated heterocycles. The molecule has 1 aliphatic rings. The molecule has 1 unspecified atom stereocenters. The van der Waals surface area contributed by atoms with Gasteiger partial charge in [-0.25, -0.2) is 14.0 Å². The molecule has 1 amide bonds. The molecule has 1 aliphatic heterocycles. The Morgan fingerprint density at radius 1 is 1.39 bits per heavy atom. The molecule has 0 saturated carbocycles. The number of hydrogen-bond acceptors (Lipinski definition) is 4. The van der Waals surface area contributed by atoms with Crippen LogP contribution in [0.25, 0.3) is 0 Å². The quantitative estimate of drug-likeness (QED) is 0.609. The fraction of sp³-hybridized carbons (Fsp3) is 0.500. The minimum absolute atomic E-state index is 0.0256. The number of nitrogens with zero attached hydrogens (tertiary/aromatic N) is 1. The van der Waals surface area contributed by atoms with Gasteiger partial charge in [0.25, 0.3) is 0 Å². The molecule has 2 rings (SSSR count). The molecule has 0 radical (unpaired) electrons. The maximum atomic E-state index is 14.1. The minimum Gasteiger partial charge on any atom is -0.448 e. The van der Waals surface area contributed by atoms with Crippen LogP contribution in [0.2, 0.25) is 0 Å². The number of esters is 1. The molecule has 126 valence electrons. The van der Waals surface area contributed by atoms with Gasteiger partial charge in [0.15, 0.2) is 6.07 Å². The first-order valence-corrected chi connectivity index (χ1v) is 7.72. The predicted molar refractivity (Wildman–Crippen MR) is 84.2 cm³/mol. The third-order valence-electron chi connectivity index (χ3n) is 3.44. The van der Waals surface area contributed by atoms with Crippen molar-refractivity contribution < 1.29 is 23.5 Å². The molecule has 1 atom stereocenters. The van der Waals surface area contributed by atoms with Crippen molar-refractivity contribution >= 4 is 29.4 Å². The normalized spacial score (nSPS) is 17.0. The summed E-state index contributed by atoms with van der Waals surface area (Å²) in [5.74, 6) is -1.17. The summed E-state index contributed by atoms with van der Waals surface area (Å²) in [5.41, 5.74) is 0.582. The number of benzene rings is 1. The van der Waals surface area contributed by atoms with E-state index < -0.39 is 29.5 Å². The monoisotopic (exact) mass is 343 g/mol. The Hall–Kier alpha value is -1.82. The van der Waals surface area contributed by atoms with Gasteiger partial charge in [-0.2, -0.15) is 0 Å². The highest BCUT2D eigenvalue weighted by molar-refractivity contribution is 6.17. The van der Waals surface area contributed by atoms with E-state index in [4.69, 9.17) is 21.1 Å². The van der Waals surface area contributed by atoms with E-state index in [1.54, 1.807) is 33.8 Å². The third kappa shape index (κ3) is 3.58. The van der Waals surface area contributed by atoms with E-state index in [1.807, 2.05) is 0 Å². The zero-order valence-corrected chi connectivity index (χ0v) is 14.2. The number of carbonyl (C=O) groups is 2. The van der Waals surface area contributed by atoms with Crippen LogP contribution in [0.15, 0.2) is 12.1 Å². The second kappa shape index (κ2) is 6.35. The zero-order valence-electron chi connectivity index (χ0n) is 13.5. The Morgan fingerprint density at radius 3 is 2.61 bits per heavy atom. The van der Waals surface area contributed by atoms with Crippen molar-refractivity contribution in [1.82, 2.24) is 0 Å². The SMILES string of the molecule is Cc1ccc(F)c2c1N(C(=O)OC(C)(C)C)C(C(=O)OCCl)C2. The maximum absolute atomic E-state index is 14.1. The summed E-state index contributed by atoms with van der Waals surface area (Å²) in [7, 11) is 0. The molecular weight excluding hydrogens is 325 g/mol. The van der Waals surface area contributed by atoms with Crippen LogP contribution in [0.3, 0.4) is 0 Å². The highest BCUT2D eigenvalue weighted by Gasteiger charge is 2.43. The van der Waals surface area contributed by atoms with Gasteiger partial charge in [0, 0.05) is 12.0 Å². The van der Waals surface area contributed by atoms with E-state index in [0.29, 0.717) is 16.8 Å². The second-order valence-electron chi connectivity index (χ2n) is 6.33. The lowest BCUT2D eigenvalue weighted by atomic mass is 10.1. The number of amides is 1. The number of fused-ring (bicyclic) bond motifs is 1. The van der Waals surface area contributed by atoms with Gasteiger partial charge in [0.05, 0.1) is 5.69 Å². The predicted octanol–water partition coefficient (Wildman–Crippen LogP) is 3.54. The standard InChI is InChI=1S/C16H19ClFNO4/c1-9-5-6-11(18)10-7-12(14(20)22-8-17)19(13(9)10)15(21)23-16(2,3)4/h5-6,12H,7-8H2,1-4H3. The first-order chi connectivity index (χ1) is 10.7. The minimum atomic E-state index is -0.991. The van der Waals surface area contributed by atoms with Crippen LogP contribution in [0.4, 0.5) is 14.9 Å². The van der Waals surface area contributed by atoms with Gasteiger partial charge >= 0.3 is 12.1 Å². The molecule has 7 heteroatoms. The van der Waals surface area contributed by atoms with Gasteiger partial charge in [0.1, 0.15) is 17.5 Å².